The number of carbonyl (C=O) groups excluding carboxylic acids is 2. The summed E-state index contributed by atoms with van der Waals surface area (Å²) < 4.78 is 0. The Hall–Kier alpha value is -1.33. The van der Waals surface area contributed by atoms with E-state index in [4.69, 9.17) is 5.11 Å². The van der Waals surface area contributed by atoms with Crippen molar-refractivity contribution in [2.75, 3.05) is 17.2 Å². The van der Waals surface area contributed by atoms with Crippen molar-refractivity contribution in [1.29, 1.82) is 0 Å². The Bertz CT molecular complexity index is 487. The van der Waals surface area contributed by atoms with E-state index in [0.29, 0.717) is 18.7 Å². The topological polar surface area (TPSA) is 57.6 Å². The molecule has 1 aromatic rings. The van der Waals surface area contributed by atoms with Gasteiger partial charge in [-0.2, -0.15) is 0 Å². The molecule has 1 heterocycles. The second kappa shape index (κ2) is 5.54. The van der Waals surface area contributed by atoms with E-state index in [0.717, 1.165) is 16.1 Å². The number of hydrogen-bond donors (Lipinski definition) is 1. The molecule has 0 aliphatic carbocycles. The number of hydrogen-bond acceptors (Lipinski definition) is 4. The SMILES string of the molecule is CC(=O)CCN1C(=O)CSc2ccc(CO)cc21. The predicted octanol–water partition coefficient (Wildman–Crippen LogP) is 1.60. The van der Waals surface area contributed by atoms with E-state index in [1.165, 1.54) is 18.7 Å². The number of thioether (sulfide) groups is 1. The van der Waals surface area contributed by atoms with Gasteiger partial charge >= 0.3 is 0 Å². The Balaban J connectivity index is 2.29. The highest BCUT2D eigenvalue weighted by atomic mass is 32.2. The molecule has 5 heteroatoms. The van der Waals surface area contributed by atoms with Crippen LogP contribution in [0.1, 0.15) is 18.9 Å². The Morgan fingerprint density at radius 3 is 2.94 bits per heavy atom. The summed E-state index contributed by atoms with van der Waals surface area (Å²) in [6.45, 7) is 1.89. The molecule has 0 spiro atoms. The highest BCUT2D eigenvalue weighted by Crippen LogP contribution is 2.36. The molecule has 0 saturated carbocycles. The zero-order valence-electron chi connectivity index (χ0n) is 10.2. The fourth-order valence-electron chi connectivity index (χ4n) is 1.86. The van der Waals surface area contributed by atoms with Crippen LogP contribution in [-0.4, -0.2) is 29.1 Å². The van der Waals surface area contributed by atoms with Crippen molar-refractivity contribution >= 4 is 29.1 Å². The summed E-state index contributed by atoms with van der Waals surface area (Å²) in [6.07, 6.45) is 0.360. The summed E-state index contributed by atoms with van der Waals surface area (Å²) in [5.74, 6) is 0.494. The largest absolute Gasteiger partial charge is 0.392 e. The molecule has 0 saturated heterocycles. The highest BCUT2D eigenvalue weighted by molar-refractivity contribution is 8.00. The maximum Gasteiger partial charge on any atom is 0.237 e. The average Bonchev–Trinajstić information content (AvgIpc) is 2.36. The number of aliphatic hydroxyl groups is 1. The van der Waals surface area contributed by atoms with Crippen molar-refractivity contribution in [3.63, 3.8) is 0 Å². The van der Waals surface area contributed by atoms with Crippen molar-refractivity contribution in [2.24, 2.45) is 0 Å². The average molecular weight is 265 g/mol. The summed E-state index contributed by atoms with van der Waals surface area (Å²) in [7, 11) is 0. The number of aliphatic hydroxyl groups excluding tert-OH is 1. The van der Waals surface area contributed by atoms with Crippen LogP contribution in [0.3, 0.4) is 0 Å². The first-order chi connectivity index (χ1) is 8.61. The molecule has 0 unspecified atom stereocenters. The van der Waals surface area contributed by atoms with Gasteiger partial charge in [0.2, 0.25) is 5.91 Å². The van der Waals surface area contributed by atoms with Gasteiger partial charge in [0.15, 0.2) is 0 Å². The van der Waals surface area contributed by atoms with Crippen molar-refractivity contribution in [3.8, 4) is 0 Å². The molecule has 1 N–H and O–H groups in total. The third-order valence-electron chi connectivity index (χ3n) is 2.84. The lowest BCUT2D eigenvalue weighted by Crippen LogP contribution is -2.36. The molecule has 1 aliphatic rings. The monoisotopic (exact) mass is 265 g/mol. The molecule has 1 amide bonds. The summed E-state index contributed by atoms with van der Waals surface area (Å²) in [5, 5.41) is 9.15. The lowest BCUT2D eigenvalue weighted by Gasteiger charge is -2.29. The number of Topliss-reactive ketones (excluding diaryl/α,β-unsaturated/α-hetero) is 1. The molecule has 0 bridgehead atoms. The molecule has 0 fully saturated rings. The summed E-state index contributed by atoms with van der Waals surface area (Å²) >= 11 is 1.50. The Morgan fingerprint density at radius 2 is 2.28 bits per heavy atom. The molecule has 0 atom stereocenters. The van der Waals surface area contributed by atoms with E-state index >= 15 is 0 Å². The van der Waals surface area contributed by atoms with Gasteiger partial charge in [0.1, 0.15) is 5.78 Å². The van der Waals surface area contributed by atoms with Gasteiger partial charge < -0.3 is 10.0 Å². The smallest absolute Gasteiger partial charge is 0.237 e. The number of ketones is 1. The van der Waals surface area contributed by atoms with Crippen LogP contribution in [-0.2, 0) is 16.2 Å². The standard InChI is InChI=1S/C13H15NO3S/c1-9(16)4-5-14-11-6-10(7-15)2-3-12(11)18-8-13(14)17/h2-3,6,15H,4-5,7-8H2,1H3. The molecule has 1 aliphatic heterocycles. The first-order valence-electron chi connectivity index (χ1n) is 5.78. The molecular formula is C13H15NO3S. The minimum absolute atomic E-state index is 0.0174. The molecule has 0 aromatic heterocycles. The fourth-order valence-corrected chi connectivity index (χ4v) is 2.78. The fraction of sp³-hybridized carbons (Fsp3) is 0.385. The lowest BCUT2D eigenvalue weighted by atomic mass is 10.1. The summed E-state index contributed by atoms with van der Waals surface area (Å²) in [6, 6.07) is 5.59. The number of nitrogens with zero attached hydrogens (tertiary/aromatic N) is 1. The minimum Gasteiger partial charge on any atom is -0.392 e. The van der Waals surface area contributed by atoms with E-state index in [2.05, 4.69) is 0 Å². The molecular weight excluding hydrogens is 250 g/mol. The van der Waals surface area contributed by atoms with Gasteiger partial charge in [0.05, 0.1) is 18.0 Å². The van der Waals surface area contributed by atoms with Gasteiger partial charge in [-0.25, -0.2) is 0 Å². The Labute approximate surface area is 110 Å². The third kappa shape index (κ3) is 2.73. The number of anilines is 1. The van der Waals surface area contributed by atoms with E-state index in [1.807, 2.05) is 18.2 Å². The van der Waals surface area contributed by atoms with Crippen molar-refractivity contribution < 1.29 is 14.7 Å². The highest BCUT2D eigenvalue weighted by Gasteiger charge is 2.24. The quantitative estimate of drug-likeness (QED) is 0.898. The first kappa shape index (κ1) is 13.1. The van der Waals surface area contributed by atoms with Crippen LogP contribution in [0.25, 0.3) is 0 Å². The lowest BCUT2D eigenvalue weighted by molar-refractivity contribution is -0.117. The van der Waals surface area contributed by atoms with Crippen LogP contribution < -0.4 is 4.90 Å². The second-order valence-corrected chi connectivity index (χ2v) is 5.26. The number of carbonyl (C=O) groups is 2. The Kier molecular flexibility index (Phi) is 4.04. The van der Waals surface area contributed by atoms with Crippen molar-refractivity contribution in [3.05, 3.63) is 23.8 Å². The van der Waals surface area contributed by atoms with Crippen molar-refractivity contribution in [1.82, 2.24) is 0 Å². The van der Waals surface area contributed by atoms with Gasteiger partial charge in [-0.05, 0) is 24.6 Å². The molecule has 96 valence electrons. The maximum absolute atomic E-state index is 11.9. The summed E-state index contributed by atoms with van der Waals surface area (Å²) in [4.78, 5) is 25.6. The van der Waals surface area contributed by atoms with Crippen molar-refractivity contribution in [2.45, 2.75) is 24.8 Å². The van der Waals surface area contributed by atoms with Gasteiger partial charge in [0, 0.05) is 17.9 Å². The number of amides is 1. The van der Waals surface area contributed by atoms with E-state index in [9.17, 15) is 9.59 Å². The van der Waals surface area contributed by atoms with E-state index in [-0.39, 0.29) is 18.3 Å². The number of rotatable bonds is 4. The van der Waals surface area contributed by atoms with Gasteiger partial charge in [-0.1, -0.05) is 6.07 Å². The number of fused-ring (bicyclic) bond motifs is 1. The normalized spacial score (nSPS) is 14.6. The molecule has 4 nitrogen and oxygen atoms in total. The van der Waals surface area contributed by atoms with Crippen LogP contribution in [0.2, 0.25) is 0 Å². The minimum atomic E-state index is -0.0489. The molecule has 1 aromatic carbocycles. The number of benzene rings is 1. The first-order valence-corrected chi connectivity index (χ1v) is 6.77. The zero-order valence-corrected chi connectivity index (χ0v) is 11.0. The van der Waals surface area contributed by atoms with Crippen LogP contribution in [0.4, 0.5) is 5.69 Å². The maximum atomic E-state index is 11.9. The van der Waals surface area contributed by atoms with Gasteiger partial charge in [-0.3, -0.25) is 9.59 Å². The van der Waals surface area contributed by atoms with Crippen LogP contribution in [0, 0.1) is 0 Å². The Morgan fingerprint density at radius 1 is 1.50 bits per heavy atom. The van der Waals surface area contributed by atoms with E-state index in [1.54, 1.807) is 4.90 Å². The second-order valence-electron chi connectivity index (χ2n) is 4.25. The molecule has 2 rings (SSSR count). The predicted molar refractivity (Wildman–Crippen MR) is 70.7 cm³/mol. The van der Waals surface area contributed by atoms with Crippen LogP contribution in [0.5, 0.6) is 0 Å². The van der Waals surface area contributed by atoms with Gasteiger partial charge in [-0.15, -0.1) is 11.8 Å². The molecule has 18 heavy (non-hydrogen) atoms. The third-order valence-corrected chi connectivity index (χ3v) is 3.88. The van der Waals surface area contributed by atoms with Crippen LogP contribution >= 0.6 is 11.8 Å². The van der Waals surface area contributed by atoms with E-state index < -0.39 is 0 Å². The molecule has 0 radical (unpaired) electrons. The van der Waals surface area contributed by atoms with Gasteiger partial charge in [0.25, 0.3) is 0 Å². The zero-order chi connectivity index (χ0) is 13.1. The summed E-state index contributed by atoms with van der Waals surface area (Å²) in [5.41, 5.74) is 1.58. The van der Waals surface area contributed by atoms with Crippen LogP contribution in [0.15, 0.2) is 23.1 Å².